The van der Waals surface area contributed by atoms with E-state index in [2.05, 4.69) is 5.32 Å². The lowest BCUT2D eigenvalue weighted by Crippen LogP contribution is -2.59. The summed E-state index contributed by atoms with van der Waals surface area (Å²) in [6.45, 7) is 2.22. The lowest BCUT2D eigenvalue weighted by atomic mass is 9.88. The predicted octanol–water partition coefficient (Wildman–Crippen LogP) is 0.128. The molecular weight excluding hydrogens is 232 g/mol. The second-order valence-corrected chi connectivity index (χ2v) is 5.43. The van der Waals surface area contributed by atoms with Crippen LogP contribution in [0.5, 0.6) is 0 Å². The molecule has 0 aromatic rings. The highest BCUT2D eigenvalue weighted by Crippen LogP contribution is 2.24. The molecule has 1 saturated carbocycles. The normalized spacial score (nSPS) is 29.4. The van der Waals surface area contributed by atoms with Crippen LogP contribution in [0.15, 0.2) is 0 Å². The Bertz CT molecular complexity index is 294. The molecule has 18 heavy (non-hydrogen) atoms. The summed E-state index contributed by atoms with van der Waals surface area (Å²) >= 11 is 0. The lowest BCUT2D eigenvalue weighted by Gasteiger charge is -2.40. The third kappa shape index (κ3) is 3.02. The fourth-order valence-corrected chi connectivity index (χ4v) is 2.57. The zero-order valence-corrected chi connectivity index (χ0v) is 11.2. The molecule has 104 valence electrons. The summed E-state index contributed by atoms with van der Waals surface area (Å²) in [5.41, 5.74) is -1.21. The summed E-state index contributed by atoms with van der Waals surface area (Å²) in [5.74, 6) is -0.141. The first-order valence-corrected chi connectivity index (χ1v) is 6.90. The Kier molecular flexibility index (Phi) is 4.59. The third-order valence-corrected chi connectivity index (χ3v) is 4.06. The summed E-state index contributed by atoms with van der Waals surface area (Å²) in [4.78, 5) is 14.0. The van der Waals surface area contributed by atoms with E-state index in [1.54, 1.807) is 12.0 Å². The number of ether oxygens (including phenoxy) is 1. The van der Waals surface area contributed by atoms with Crippen molar-refractivity contribution < 1.29 is 14.6 Å². The first kappa shape index (κ1) is 13.8. The largest absolute Gasteiger partial charge is 0.383 e. The van der Waals surface area contributed by atoms with Crippen LogP contribution >= 0.6 is 0 Å². The van der Waals surface area contributed by atoms with Gasteiger partial charge in [-0.3, -0.25) is 4.79 Å². The summed E-state index contributed by atoms with van der Waals surface area (Å²) in [5, 5.41) is 13.8. The number of amides is 1. The molecule has 2 fully saturated rings. The van der Waals surface area contributed by atoms with Gasteiger partial charge < -0.3 is 20.1 Å². The van der Waals surface area contributed by atoms with Gasteiger partial charge in [0.1, 0.15) is 0 Å². The molecule has 1 aliphatic carbocycles. The first-order chi connectivity index (χ1) is 8.65. The molecule has 5 nitrogen and oxygen atoms in total. The molecule has 0 aromatic heterocycles. The van der Waals surface area contributed by atoms with E-state index in [0.717, 1.165) is 25.8 Å². The minimum atomic E-state index is -1.21. The molecule has 0 radical (unpaired) electrons. The lowest BCUT2D eigenvalue weighted by molar-refractivity contribution is -0.157. The molecule has 1 saturated heterocycles. The maximum absolute atomic E-state index is 12.3. The molecule has 2 rings (SSSR count). The van der Waals surface area contributed by atoms with E-state index >= 15 is 0 Å². The Hall–Kier alpha value is -0.650. The minimum Gasteiger partial charge on any atom is -0.383 e. The Labute approximate surface area is 108 Å². The zero-order valence-electron chi connectivity index (χ0n) is 11.2. The molecule has 1 amide bonds. The molecule has 1 atom stereocenters. The minimum absolute atomic E-state index is 0.141. The summed E-state index contributed by atoms with van der Waals surface area (Å²) in [6.07, 6.45) is 5.01. The highest BCUT2D eigenvalue weighted by atomic mass is 16.5. The molecule has 5 heteroatoms. The van der Waals surface area contributed by atoms with Crippen LogP contribution in [0.4, 0.5) is 0 Å². The van der Waals surface area contributed by atoms with Gasteiger partial charge in [-0.1, -0.05) is 6.42 Å². The molecule has 0 spiro atoms. The molecule has 1 aliphatic heterocycles. The van der Waals surface area contributed by atoms with Gasteiger partial charge in [0.2, 0.25) is 0 Å². The number of likely N-dealkylation sites (tertiary alicyclic amines) is 1. The van der Waals surface area contributed by atoms with Crippen LogP contribution in [-0.2, 0) is 9.53 Å². The van der Waals surface area contributed by atoms with Crippen LogP contribution in [0.25, 0.3) is 0 Å². The fourth-order valence-electron chi connectivity index (χ4n) is 2.57. The Morgan fingerprint density at radius 1 is 1.50 bits per heavy atom. The maximum Gasteiger partial charge on any atom is 0.255 e. The van der Waals surface area contributed by atoms with Crippen molar-refractivity contribution in [1.29, 1.82) is 0 Å². The summed E-state index contributed by atoms with van der Waals surface area (Å²) < 4.78 is 4.99. The van der Waals surface area contributed by atoms with Crippen molar-refractivity contribution >= 4 is 5.91 Å². The monoisotopic (exact) mass is 256 g/mol. The average Bonchev–Trinajstić information content (AvgIpc) is 2.29. The van der Waals surface area contributed by atoms with Crippen LogP contribution in [-0.4, -0.2) is 60.9 Å². The van der Waals surface area contributed by atoms with E-state index in [4.69, 9.17) is 4.74 Å². The van der Waals surface area contributed by atoms with Crippen LogP contribution in [0.1, 0.15) is 32.1 Å². The van der Waals surface area contributed by atoms with Crippen molar-refractivity contribution in [2.45, 2.75) is 43.7 Å². The third-order valence-electron chi connectivity index (χ3n) is 4.06. The number of nitrogens with zero attached hydrogens (tertiary/aromatic N) is 1. The van der Waals surface area contributed by atoms with Gasteiger partial charge in [-0.25, -0.2) is 0 Å². The quantitative estimate of drug-likeness (QED) is 0.709. The Morgan fingerprint density at radius 3 is 2.89 bits per heavy atom. The van der Waals surface area contributed by atoms with Crippen LogP contribution in [0.3, 0.4) is 0 Å². The highest BCUT2D eigenvalue weighted by Gasteiger charge is 2.42. The van der Waals surface area contributed by atoms with Crippen molar-refractivity contribution in [3.63, 3.8) is 0 Å². The average molecular weight is 256 g/mol. The van der Waals surface area contributed by atoms with E-state index in [1.165, 1.54) is 6.42 Å². The van der Waals surface area contributed by atoms with Crippen molar-refractivity contribution in [1.82, 2.24) is 10.2 Å². The van der Waals surface area contributed by atoms with Gasteiger partial charge in [-0.2, -0.15) is 0 Å². The molecule has 0 aromatic carbocycles. The molecule has 1 heterocycles. The van der Waals surface area contributed by atoms with E-state index in [0.29, 0.717) is 32.2 Å². The molecule has 2 aliphatic rings. The van der Waals surface area contributed by atoms with Crippen molar-refractivity contribution in [3.8, 4) is 0 Å². The van der Waals surface area contributed by atoms with Crippen LogP contribution < -0.4 is 5.32 Å². The SMILES string of the molecule is COCCN1CCC[C@@](O)(CNC2CCC2)C1=O. The second kappa shape index (κ2) is 5.99. The summed E-state index contributed by atoms with van der Waals surface area (Å²) in [6, 6.07) is 0.496. The van der Waals surface area contributed by atoms with Crippen LogP contribution in [0.2, 0.25) is 0 Å². The summed E-state index contributed by atoms with van der Waals surface area (Å²) in [7, 11) is 1.62. The highest BCUT2D eigenvalue weighted by molar-refractivity contribution is 5.86. The number of hydrogen-bond donors (Lipinski definition) is 2. The second-order valence-electron chi connectivity index (χ2n) is 5.43. The topological polar surface area (TPSA) is 61.8 Å². The molecule has 0 bridgehead atoms. The van der Waals surface area contributed by atoms with Gasteiger partial charge in [0.15, 0.2) is 5.60 Å². The number of piperidine rings is 1. The van der Waals surface area contributed by atoms with Gasteiger partial charge >= 0.3 is 0 Å². The number of carbonyl (C=O) groups excluding carboxylic acids is 1. The molecular formula is C13H24N2O3. The Balaban J connectivity index is 1.86. The van der Waals surface area contributed by atoms with Gasteiger partial charge in [0.25, 0.3) is 5.91 Å². The van der Waals surface area contributed by atoms with E-state index in [9.17, 15) is 9.90 Å². The van der Waals surface area contributed by atoms with E-state index in [-0.39, 0.29) is 5.91 Å². The van der Waals surface area contributed by atoms with E-state index in [1.807, 2.05) is 0 Å². The van der Waals surface area contributed by atoms with E-state index < -0.39 is 5.60 Å². The number of nitrogens with one attached hydrogen (secondary N) is 1. The van der Waals surface area contributed by atoms with Gasteiger partial charge in [-0.05, 0) is 25.7 Å². The van der Waals surface area contributed by atoms with Crippen molar-refractivity contribution in [2.75, 3.05) is 33.4 Å². The van der Waals surface area contributed by atoms with Crippen molar-refractivity contribution in [3.05, 3.63) is 0 Å². The number of hydrogen-bond acceptors (Lipinski definition) is 4. The van der Waals surface area contributed by atoms with Gasteiger partial charge in [0.05, 0.1) is 6.61 Å². The number of carbonyl (C=O) groups is 1. The fraction of sp³-hybridized carbons (Fsp3) is 0.923. The predicted molar refractivity (Wildman–Crippen MR) is 68.3 cm³/mol. The first-order valence-electron chi connectivity index (χ1n) is 6.90. The van der Waals surface area contributed by atoms with Gasteiger partial charge in [0, 0.05) is 32.8 Å². The maximum atomic E-state index is 12.3. The molecule has 0 unspecified atom stereocenters. The number of rotatable bonds is 6. The van der Waals surface area contributed by atoms with Gasteiger partial charge in [-0.15, -0.1) is 0 Å². The van der Waals surface area contributed by atoms with Crippen molar-refractivity contribution in [2.24, 2.45) is 0 Å². The standard InChI is InChI=1S/C13H24N2O3/c1-18-9-8-15-7-3-6-13(17,12(15)16)10-14-11-4-2-5-11/h11,14,17H,2-10H2,1H3/t13-/m1/s1. The Morgan fingerprint density at radius 2 is 2.28 bits per heavy atom. The zero-order chi connectivity index (χ0) is 13.0. The molecule has 2 N–H and O–H groups in total. The number of methoxy groups -OCH3 is 1. The van der Waals surface area contributed by atoms with Crippen LogP contribution in [0, 0.1) is 0 Å². The smallest absolute Gasteiger partial charge is 0.255 e. The number of aliphatic hydroxyl groups is 1.